The molecule has 0 aliphatic heterocycles. The minimum Gasteiger partial charge on any atom is -0.492 e. The highest BCUT2D eigenvalue weighted by atomic mass is 79.9. The van der Waals surface area contributed by atoms with Crippen molar-refractivity contribution in [2.75, 3.05) is 11.9 Å². The summed E-state index contributed by atoms with van der Waals surface area (Å²) in [6, 6.07) is 10.5. The van der Waals surface area contributed by atoms with Gasteiger partial charge in [0, 0.05) is 12.2 Å². The minimum atomic E-state index is 0.650. The largest absolute Gasteiger partial charge is 0.492 e. The summed E-state index contributed by atoms with van der Waals surface area (Å²) < 4.78 is 7.54. The van der Waals surface area contributed by atoms with E-state index in [-0.39, 0.29) is 0 Å². The highest BCUT2D eigenvalue weighted by Gasteiger charge is 2.09. The SMILES string of the molecule is CCOc1c(Br)cc(CNc2cccc(C)c2C)cc1Br. The number of benzene rings is 2. The molecule has 2 aromatic rings. The first-order valence-corrected chi connectivity index (χ1v) is 8.52. The van der Waals surface area contributed by atoms with Gasteiger partial charge in [0.05, 0.1) is 15.6 Å². The van der Waals surface area contributed by atoms with Gasteiger partial charge in [-0.25, -0.2) is 0 Å². The van der Waals surface area contributed by atoms with Gasteiger partial charge < -0.3 is 10.1 Å². The first kappa shape index (κ1) is 16.4. The van der Waals surface area contributed by atoms with Gasteiger partial charge in [0.1, 0.15) is 5.75 Å². The summed E-state index contributed by atoms with van der Waals surface area (Å²) in [5.74, 6) is 0.855. The Bertz CT molecular complexity index is 618. The maximum Gasteiger partial charge on any atom is 0.147 e. The van der Waals surface area contributed by atoms with E-state index in [0.29, 0.717) is 6.61 Å². The van der Waals surface area contributed by atoms with Crippen LogP contribution in [-0.2, 0) is 6.54 Å². The van der Waals surface area contributed by atoms with E-state index in [0.717, 1.165) is 21.2 Å². The van der Waals surface area contributed by atoms with Crippen LogP contribution in [0.1, 0.15) is 23.6 Å². The molecule has 0 fully saturated rings. The fraction of sp³-hybridized carbons (Fsp3) is 0.294. The van der Waals surface area contributed by atoms with Crippen molar-refractivity contribution in [1.82, 2.24) is 0 Å². The Hall–Kier alpha value is -1.00. The molecule has 0 amide bonds. The van der Waals surface area contributed by atoms with Crippen LogP contribution in [0.15, 0.2) is 39.3 Å². The topological polar surface area (TPSA) is 21.3 Å². The van der Waals surface area contributed by atoms with Gasteiger partial charge in [-0.1, -0.05) is 12.1 Å². The van der Waals surface area contributed by atoms with Crippen LogP contribution in [0.5, 0.6) is 5.75 Å². The molecule has 0 aromatic heterocycles. The normalized spacial score (nSPS) is 10.5. The van der Waals surface area contributed by atoms with Gasteiger partial charge in [0.2, 0.25) is 0 Å². The third-order valence-corrected chi connectivity index (χ3v) is 4.61. The smallest absolute Gasteiger partial charge is 0.147 e. The van der Waals surface area contributed by atoms with E-state index in [1.165, 1.54) is 22.4 Å². The second-order valence-electron chi connectivity index (χ2n) is 4.92. The van der Waals surface area contributed by atoms with Gasteiger partial charge in [-0.2, -0.15) is 0 Å². The van der Waals surface area contributed by atoms with E-state index >= 15 is 0 Å². The third-order valence-electron chi connectivity index (χ3n) is 3.43. The monoisotopic (exact) mass is 411 g/mol. The number of halogens is 2. The number of hydrogen-bond acceptors (Lipinski definition) is 2. The lowest BCUT2D eigenvalue weighted by Crippen LogP contribution is -2.03. The quantitative estimate of drug-likeness (QED) is 0.665. The molecule has 0 saturated heterocycles. The zero-order valence-corrected chi connectivity index (χ0v) is 15.6. The fourth-order valence-corrected chi connectivity index (χ4v) is 3.65. The molecular weight excluding hydrogens is 394 g/mol. The first-order valence-electron chi connectivity index (χ1n) is 6.93. The van der Waals surface area contributed by atoms with Crippen LogP contribution in [0.3, 0.4) is 0 Å². The maximum absolute atomic E-state index is 5.61. The lowest BCUT2D eigenvalue weighted by Gasteiger charge is -2.14. The molecule has 0 spiro atoms. The van der Waals surface area contributed by atoms with Crippen molar-refractivity contribution >= 4 is 37.5 Å². The molecule has 0 radical (unpaired) electrons. The zero-order valence-electron chi connectivity index (χ0n) is 12.5. The number of ether oxygens (including phenoxy) is 1. The molecule has 0 saturated carbocycles. The minimum absolute atomic E-state index is 0.650. The molecule has 0 bridgehead atoms. The summed E-state index contributed by atoms with van der Waals surface area (Å²) in [5.41, 5.74) is 4.96. The van der Waals surface area contributed by atoms with Gasteiger partial charge >= 0.3 is 0 Å². The Balaban J connectivity index is 2.15. The molecule has 0 heterocycles. The molecule has 0 unspecified atom stereocenters. The van der Waals surface area contributed by atoms with E-state index in [1.54, 1.807) is 0 Å². The molecular formula is C17H19Br2NO. The predicted octanol–water partition coefficient (Wildman–Crippen LogP) is 5.84. The van der Waals surface area contributed by atoms with Crippen molar-refractivity contribution in [3.63, 3.8) is 0 Å². The molecule has 0 aliphatic rings. The van der Waals surface area contributed by atoms with Crippen LogP contribution in [0.2, 0.25) is 0 Å². The lowest BCUT2D eigenvalue weighted by molar-refractivity contribution is 0.336. The van der Waals surface area contributed by atoms with E-state index in [1.807, 2.05) is 6.92 Å². The number of rotatable bonds is 5. The van der Waals surface area contributed by atoms with Crippen molar-refractivity contribution in [2.45, 2.75) is 27.3 Å². The average Bonchev–Trinajstić information content (AvgIpc) is 2.44. The number of anilines is 1. The van der Waals surface area contributed by atoms with Crippen molar-refractivity contribution in [3.05, 3.63) is 56.0 Å². The Morgan fingerprint density at radius 3 is 2.38 bits per heavy atom. The number of hydrogen-bond donors (Lipinski definition) is 1. The molecule has 1 N–H and O–H groups in total. The van der Waals surface area contributed by atoms with Gasteiger partial charge in [0.15, 0.2) is 0 Å². The van der Waals surface area contributed by atoms with Crippen LogP contribution < -0.4 is 10.1 Å². The van der Waals surface area contributed by atoms with Crippen LogP contribution in [0, 0.1) is 13.8 Å². The van der Waals surface area contributed by atoms with Gasteiger partial charge in [-0.15, -0.1) is 0 Å². The fourth-order valence-electron chi connectivity index (χ4n) is 2.14. The van der Waals surface area contributed by atoms with E-state index in [2.05, 4.69) is 81.4 Å². The molecule has 2 nitrogen and oxygen atoms in total. The molecule has 21 heavy (non-hydrogen) atoms. The molecule has 2 aromatic carbocycles. The van der Waals surface area contributed by atoms with E-state index in [4.69, 9.17) is 4.74 Å². The molecule has 4 heteroatoms. The van der Waals surface area contributed by atoms with Crippen molar-refractivity contribution in [3.8, 4) is 5.75 Å². The van der Waals surface area contributed by atoms with Crippen LogP contribution in [0.25, 0.3) is 0 Å². The number of aryl methyl sites for hydroxylation is 1. The second kappa shape index (κ2) is 7.32. The zero-order chi connectivity index (χ0) is 15.4. The lowest BCUT2D eigenvalue weighted by atomic mass is 10.1. The average molecular weight is 413 g/mol. The number of nitrogens with one attached hydrogen (secondary N) is 1. The second-order valence-corrected chi connectivity index (χ2v) is 6.63. The third kappa shape index (κ3) is 4.01. The van der Waals surface area contributed by atoms with Gasteiger partial charge in [-0.3, -0.25) is 0 Å². The van der Waals surface area contributed by atoms with E-state index in [9.17, 15) is 0 Å². The Morgan fingerprint density at radius 1 is 1.10 bits per heavy atom. The van der Waals surface area contributed by atoms with Gasteiger partial charge in [-0.05, 0) is 87.5 Å². The maximum atomic E-state index is 5.61. The summed E-state index contributed by atoms with van der Waals surface area (Å²) in [6.45, 7) is 7.67. The first-order chi connectivity index (χ1) is 10.0. The standard InChI is InChI=1S/C17H19Br2NO/c1-4-21-17-14(18)8-13(9-15(17)19)10-20-16-7-5-6-11(2)12(16)3/h5-9,20H,4,10H2,1-3H3. The summed E-state index contributed by atoms with van der Waals surface area (Å²) in [4.78, 5) is 0. The summed E-state index contributed by atoms with van der Waals surface area (Å²) in [6.07, 6.45) is 0. The Labute approximate surface area is 143 Å². The summed E-state index contributed by atoms with van der Waals surface area (Å²) >= 11 is 7.14. The summed E-state index contributed by atoms with van der Waals surface area (Å²) in [5, 5.41) is 3.49. The van der Waals surface area contributed by atoms with E-state index < -0.39 is 0 Å². The van der Waals surface area contributed by atoms with Crippen molar-refractivity contribution < 1.29 is 4.74 Å². The van der Waals surface area contributed by atoms with Crippen LogP contribution >= 0.6 is 31.9 Å². The Kier molecular flexibility index (Phi) is 5.71. The van der Waals surface area contributed by atoms with Crippen molar-refractivity contribution in [1.29, 1.82) is 0 Å². The van der Waals surface area contributed by atoms with Crippen LogP contribution in [0.4, 0.5) is 5.69 Å². The Morgan fingerprint density at radius 2 is 1.76 bits per heavy atom. The molecule has 2 rings (SSSR count). The summed E-state index contributed by atoms with van der Waals surface area (Å²) in [7, 11) is 0. The van der Waals surface area contributed by atoms with Crippen molar-refractivity contribution in [2.24, 2.45) is 0 Å². The predicted molar refractivity (Wildman–Crippen MR) is 96.3 cm³/mol. The molecule has 0 aliphatic carbocycles. The highest BCUT2D eigenvalue weighted by molar-refractivity contribution is 9.11. The highest BCUT2D eigenvalue weighted by Crippen LogP contribution is 2.35. The van der Waals surface area contributed by atoms with Gasteiger partial charge in [0.25, 0.3) is 0 Å². The molecule has 112 valence electrons. The molecule has 0 atom stereocenters. The van der Waals surface area contributed by atoms with Crippen LogP contribution in [-0.4, -0.2) is 6.61 Å².